The topological polar surface area (TPSA) is 55.1 Å². The fourth-order valence-electron chi connectivity index (χ4n) is 2.08. The Balaban J connectivity index is 2.28. The van der Waals surface area contributed by atoms with E-state index in [1.807, 2.05) is 19.1 Å². The lowest BCUT2D eigenvalue weighted by molar-refractivity contribution is 0.102. The van der Waals surface area contributed by atoms with Gasteiger partial charge < -0.3 is 11.1 Å². The molecule has 0 atom stereocenters. The van der Waals surface area contributed by atoms with Crippen molar-refractivity contribution in [3.05, 3.63) is 59.2 Å². The second kappa shape index (κ2) is 6.35. The van der Waals surface area contributed by atoms with Crippen molar-refractivity contribution in [1.82, 2.24) is 0 Å². The maximum atomic E-state index is 13.2. The molecule has 0 fully saturated rings. The van der Waals surface area contributed by atoms with Crippen LogP contribution in [0.5, 0.6) is 0 Å². The summed E-state index contributed by atoms with van der Waals surface area (Å²) in [7, 11) is 0. The molecule has 0 unspecified atom stereocenters. The first-order valence-electron chi connectivity index (χ1n) is 6.66. The molecule has 5 heteroatoms. The van der Waals surface area contributed by atoms with Crippen LogP contribution in [0.15, 0.2) is 36.4 Å². The van der Waals surface area contributed by atoms with E-state index in [2.05, 4.69) is 5.32 Å². The number of nitrogens with two attached hydrogens (primary N) is 1. The molecule has 21 heavy (non-hydrogen) atoms. The van der Waals surface area contributed by atoms with Crippen LogP contribution in [0.1, 0.15) is 29.3 Å². The van der Waals surface area contributed by atoms with Gasteiger partial charge in [0, 0.05) is 17.4 Å². The average Bonchev–Trinajstić information content (AvgIpc) is 2.45. The quantitative estimate of drug-likeness (QED) is 0.842. The maximum absolute atomic E-state index is 13.2. The van der Waals surface area contributed by atoms with E-state index in [0.717, 1.165) is 30.5 Å². The fourth-order valence-corrected chi connectivity index (χ4v) is 2.08. The maximum Gasteiger partial charge on any atom is 0.257 e. The van der Waals surface area contributed by atoms with Crippen molar-refractivity contribution in [2.75, 3.05) is 11.1 Å². The molecule has 3 N–H and O–H groups in total. The molecule has 0 bridgehead atoms. The average molecular weight is 290 g/mol. The Hall–Kier alpha value is -2.43. The summed E-state index contributed by atoms with van der Waals surface area (Å²) in [5.74, 6) is -2.73. The molecule has 0 heterocycles. The molecule has 2 rings (SSSR count). The van der Waals surface area contributed by atoms with Crippen LogP contribution in [0.25, 0.3) is 0 Å². The summed E-state index contributed by atoms with van der Waals surface area (Å²) >= 11 is 0. The monoisotopic (exact) mass is 290 g/mol. The number of amides is 1. The highest BCUT2D eigenvalue weighted by molar-refractivity contribution is 6.08. The van der Waals surface area contributed by atoms with Gasteiger partial charge in [-0.1, -0.05) is 31.5 Å². The number of anilines is 2. The molecule has 0 aliphatic carbocycles. The second-order valence-corrected chi connectivity index (χ2v) is 4.71. The highest BCUT2D eigenvalue weighted by Crippen LogP contribution is 2.21. The van der Waals surface area contributed by atoms with Gasteiger partial charge in [0.25, 0.3) is 5.91 Å². The molecule has 0 aliphatic rings. The molecule has 110 valence electrons. The van der Waals surface area contributed by atoms with Gasteiger partial charge in [-0.3, -0.25) is 4.79 Å². The van der Waals surface area contributed by atoms with Crippen LogP contribution in [0.4, 0.5) is 20.2 Å². The zero-order valence-electron chi connectivity index (χ0n) is 11.6. The summed E-state index contributed by atoms with van der Waals surface area (Å²) in [6.45, 7) is 2.03. The minimum absolute atomic E-state index is 0.0831. The van der Waals surface area contributed by atoms with Crippen molar-refractivity contribution in [2.24, 2.45) is 0 Å². The Kier molecular flexibility index (Phi) is 4.52. The standard InChI is InChI=1S/C16H16F2N2O/c1-2-5-10-6-3-4-7-15(10)20-16(21)11-8-12(17)13(18)9-14(11)19/h3-4,6-9H,2,5,19H2,1H3,(H,20,21). The lowest BCUT2D eigenvalue weighted by Crippen LogP contribution is -2.16. The number of aryl methyl sites for hydroxylation is 1. The van der Waals surface area contributed by atoms with Gasteiger partial charge in [0.15, 0.2) is 11.6 Å². The third-order valence-electron chi connectivity index (χ3n) is 3.12. The van der Waals surface area contributed by atoms with Gasteiger partial charge in [-0.2, -0.15) is 0 Å². The molecule has 0 aliphatic heterocycles. The Bertz CT molecular complexity index is 671. The van der Waals surface area contributed by atoms with E-state index in [1.165, 1.54) is 0 Å². The molecule has 2 aromatic rings. The molecule has 0 radical (unpaired) electrons. The highest BCUT2D eigenvalue weighted by Gasteiger charge is 2.15. The number of carbonyl (C=O) groups excluding carboxylic acids is 1. The largest absolute Gasteiger partial charge is 0.398 e. The van der Waals surface area contributed by atoms with Crippen molar-refractivity contribution in [3.63, 3.8) is 0 Å². The molecule has 0 aromatic heterocycles. The van der Waals surface area contributed by atoms with Crippen LogP contribution < -0.4 is 11.1 Å². The summed E-state index contributed by atoms with van der Waals surface area (Å²) in [5.41, 5.74) is 7.02. The number of halogens is 2. The lowest BCUT2D eigenvalue weighted by Gasteiger charge is -2.12. The van der Waals surface area contributed by atoms with Gasteiger partial charge in [-0.15, -0.1) is 0 Å². The summed E-state index contributed by atoms with van der Waals surface area (Å²) in [6, 6.07) is 8.97. The van der Waals surface area contributed by atoms with Crippen LogP contribution in [0.2, 0.25) is 0 Å². The lowest BCUT2D eigenvalue weighted by atomic mass is 10.1. The molecule has 0 spiro atoms. The first-order valence-corrected chi connectivity index (χ1v) is 6.66. The molecule has 0 saturated heterocycles. The van der Waals surface area contributed by atoms with E-state index >= 15 is 0 Å². The van der Waals surface area contributed by atoms with Gasteiger partial charge in [-0.05, 0) is 24.1 Å². The predicted molar refractivity (Wildman–Crippen MR) is 79.2 cm³/mol. The SMILES string of the molecule is CCCc1ccccc1NC(=O)c1cc(F)c(F)cc1N. The summed E-state index contributed by atoms with van der Waals surface area (Å²) in [4.78, 5) is 12.2. The minimum atomic E-state index is -1.10. The number of rotatable bonds is 4. The summed E-state index contributed by atoms with van der Waals surface area (Å²) < 4.78 is 26.3. The van der Waals surface area contributed by atoms with Crippen molar-refractivity contribution < 1.29 is 13.6 Å². The third-order valence-corrected chi connectivity index (χ3v) is 3.12. The molecule has 1 amide bonds. The highest BCUT2D eigenvalue weighted by atomic mass is 19.2. The van der Waals surface area contributed by atoms with E-state index in [0.29, 0.717) is 5.69 Å². The number of benzene rings is 2. The van der Waals surface area contributed by atoms with E-state index in [1.54, 1.807) is 12.1 Å². The summed E-state index contributed by atoms with van der Waals surface area (Å²) in [5, 5.41) is 2.69. The Morgan fingerprint density at radius 3 is 2.57 bits per heavy atom. The van der Waals surface area contributed by atoms with E-state index in [4.69, 9.17) is 5.73 Å². The zero-order chi connectivity index (χ0) is 15.4. The zero-order valence-corrected chi connectivity index (χ0v) is 11.6. The van der Waals surface area contributed by atoms with Crippen LogP contribution in [-0.4, -0.2) is 5.91 Å². The smallest absolute Gasteiger partial charge is 0.257 e. The van der Waals surface area contributed by atoms with Gasteiger partial charge in [0.2, 0.25) is 0 Å². The predicted octanol–water partition coefficient (Wildman–Crippen LogP) is 3.75. The number of para-hydroxylation sites is 1. The second-order valence-electron chi connectivity index (χ2n) is 4.71. The Morgan fingerprint density at radius 2 is 1.86 bits per heavy atom. The number of hydrogen-bond acceptors (Lipinski definition) is 2. The van der Waals surface area contributed by atoms with Gasteiger partial charge in [0.1, 0.15) is 0 Å². The van der Waals surface area contributed by atoms with Gasteiger partial charge >= 0.3 is 0 Å². The molecule has 3 nitrogen and oxygen atoms in total. The Labute approximate surface area is 121 Å². The number of nitrogen functional groups attached to an aromatic ring is 1. The Morgan fingerprint density at radius 1 is 1.19 bits per heavy atom. The van der Waals surface area contributed by atoms with Crippen LogP contribution in [0.3, 0.4) is 0 Å². The fraction of sp³-hybridized carbons (Fsp3) is 0.188. The van der Waals surface area contributed by atoms with E-state index < -0.39 is 17.5 Å². The van der Waals surface area contributed by atoms with Crippen LogP contribution in [0, 0.1) is 11.6 Å². The van der Waals surface area contributed by atoms with E-state index in [-0.39, 0.29) is 11.3 Å². The van der Waals surface area contributed by atoms with E-state index in [9.17, 15) is 13.6 Å². The minimum Gasteiger partial charge on any atom is -0.398 e. The van der Waals surface area contributed by atoms with Crippen molar-refractivity contribution >= 4 is 17.3 Å². The van der Waals surface area contributed by atoms with Gasteiger partial charge in [0.05, 0.1) is 5.56 Å². The van der Waals surface area contributed by atoms with Crippen molar-refractivity contribution in [3.8, 4) is 0 Å². The number of hydrogen-bond donors (Lipinski definition) is 2. The molecule has 2 aromatic carbocycles. The molecule has 0 saturated carbocycles. The number of carbonyl (C=O) groups is 1. The normalized spacial score (nSPS) is 10.4. The summed E-state index contributed by atoms with van der Waals surface area (Å²) in [6.07, 6.45) is 1.74. The molecular weight excluding hydrogens is 274 g/mol. The van der Waals surface area contributed by atoms with Gasteiger partial charge in [-0.25, -0.2) is 8.78 Å². The van der Waals surface area contributed by atoms with Crippen LogP contribution >= 0.6 is 0 Å². The van der Waals surface area contributed by atoms with Crippen molar-refractivity contribution in [2.45, 2.75) is 19.8 Å². The first kappa shape index (κ1) is 15.0. The van der Waals surface area contributed by atoms with Crippen molar-refractivity contribution in [1.29, 1.82) is 0 Å². The third kappa shape index (κ3) is 3.37. The van der Waals surface area contributed by atoms with Crippen LogP contribution in [-0.2, 0) is 6.42 Å². The first-order chi connectivity index (χ1) is 10.0. The number of nitrogens with one attached hydrogen (secondary N) is 1. The molecular formula is C16H16F2N2O.